The number of aromatic amines is 1. The van der Waals surface area contributed by atoms with Crippen molar-refractivity contribution in [3.63, 3.8) is 0 Å². The Balaban J connectivity index is 2.06. The third-order valence-corrected chi connectivity index (χ3v) is 3.96. The summed E-state index contributed by atoms with van der Waals surface area (Å²) in [5, 5.41) is 0. The standard InChI is InChI=1S/C15H9BrF3NO3/c16-7-1-3-11-9(5-7)10(21)6-12(23-11)8-2-4-13(22)20-14(8)15(17,18)19/h1-5,12H,6H2,(H,20,22). The predicted octanol–water partition coefficient (Wildman–Crippen LogP) is 3.86. The summed E-state index contributed by atoms with van der Waals surface area (Å²) in [5.41, 5.74) is -2.01. The Morgan fingerprint density at radius 1 is 1.17 bits per heavy atom. The average Bonchev–Trinajstić information content (AvgIpc) is 2.47. The summed E-state index contributed by atoms with van der Waals surface area (Å²) in [5.74, 6) is -0.106. The predicted molar refractivity (Wildman–Crippen MR) is 78.5 cm³/mol. The third-order valence-electron chi connectivity index (χ3n) is 3.46. The van der Waals surface area contributed by atoms with E-state index in [-0.39, 0.29) is 23.5 Å². The van der Waals surface area contributed by atoms with E-state index in [0.29, 0.717) is 10.0 Å². The number of carbonyl (C=O) groups excluding carboxylic acids is 1. The van der Waals surface area contributed by atoms with Gasteiger partial charge in [0, 0.05) is 16.1 Å². The Morgan fingerprint density at radius 2 is 1.91 bits per heavy atom. The van der Waals surface area contributed by atoms with Crippen molar-refractivity contribution in [2.45, 2.75) is 18.7 Å². The largest absolute Gasteiger partial charge is 0.484 e. The van der Waals surface area contributed by atoms with E-state index in [4.69, 9.17) is 4.74 Å². The molecule has 0 spiro atoms. The summed E-state index contributed by atoms with van der Waals surface area (Å²) in [6.07, 6.45) is -6.09. The Morgan fingerprint density at radius 3 is 2.61 bits per heavy atom. The van der Waals surface area contributed by atoms with Crippen LogP contribution in [0.1, 0.15) is 34.1 Å². The first kappa shape index (κ1) is 15.8. The number of hydrogen-bond donors (Lipinski definition) is 1. The lowest BCUT2D eigenvalue weighted by molar-refractivity contribution is -0.142. The quantitative estimate of drug-likeness (QED) is 0.807. The molecule has 0 saturated carbocycles. The second kappa shape index (κ2) is 5.52. The molecule has 120 valence electrons. The van der Waals surface area contributed by atoms with Gasteiger partial charge in [0.2, 0.25) is 5.56 Å². The van der Waals surface area contributed by atoms with Gasteiger partial charge in [-0.2, -0.15) is 13.2 Å². The van der Waals surface area contributed by atoms with Crippen LogP contribution in [-0.2, 0) is 6.18 Å². The van der Waals surface area contributed by atoms with Gasteiger partial charge < -0.3 is 9.72 Å². The lowest BCUT2D eigenvalue weighted by Crippen LogP contribution is -2.26. The third kappa shape index (κ3) is 3.03. The second-order valence-corrected chi connectivity index (χ2v) is 5.94. The number of H-pyrrole nitrogens is 1. The second-order valence-electron chi connectivity index (χ2n) is 5.02. The van der Waals surface area contributed by atoms with Crippen LogP contribution in [0.4, 0.5) is 13.2 Å². The molecule has 0 bridgehead atoms. The fraction of sp³-hybridized carbons (Fsp3) is 0.200. The van der Waals surface area contributed by atoms with E-state index in [0.717, 1.165) is 12.1 Å². The number of ether oxygens (including phenoxy) is 1. The molecule has 23 heavy (non-hydrogen) atoms. The number of aromatic nitrogens is 1. The first-order valence-corrected chi connectivity index (χ1v) is 7.35. The molecule has 3 rings (SSSR count). The van der Waals surface area contributed by atoms with Crippen LogP contribution >= 0.6 is 15.9 Å². The van der Waals surface area contributed by atoms with E-state index < -0.39 is 23.5 Å². The van der Waals surface area contributed by atoms with Gasteiger partial charge >= 0.3 is 6.18 Å². The van der Waals surface area contributed by atoms with E-state index in [9.17, 15) is 22.8 Å². The molecule has 1 aliphatic rings. The zero-order valence-electron chi connectivity index (χ0n) is 11.4. The first-order chi connectivity index (χ1) is 10.8. The molecule has 8 heteroatoms. The molecule has 1 aliphatic heterocycles. The number of pyridine rings is 1. The van der Waals surface area contributed by atoms with Gasteiger partial charge in [0.25, 0.3) is 0 Å². The van der Waals surface area contributed by atoms with Crippen LogP contribution in [0.2, 0.25) is 0 Å². The topological polar surface area (TPSA) is 59.2 Å². The molecule has 2 heterocycles. The molecule has 1 atom stereocenters. The highest BCUT2D eigenvalue weighted by Gasteiger charge is 2.39. The first-order valence-electron chi connectivity index (χ1n) is 6.55. The van der Waals surface area contributed by atoms with Gasteiger partial charge in [0.1, 0.15) is 17.5 Å². The molecule has 0 fully saturated rings. The van der Waals surface area contributed by atoms with Crippen molar-refractivity contribution in [3.05, 3.63) is 62.0 Å². The van der Waals surface area contributed by atoms with Crippen molar-refractivity contribution in [1.29, 1.82) is 0 Å². The summed E-state index contributed by atoms with van der Waals surface area (Å²) in [6.45, 7) is 0. The molecule has 0 saturated heterocycles. The summed E-state index contributed by atoms with van der Waals surface area (Å²) < 4.78 is 45.6. The van der Waals surface area contributed by atoms with Crippen molar-refractivity contribution in [2.24, 2.45) is 0 Å². The van der Waals surface area contributed by atoms with Crippen LogP contribution in [0.15, 0.2) is 39.6 Å². The van der Waals surface area contributed by atoms with Gasteiger partial charge in [-0.15, -0.1) is 0 Å². The van der Waals surface area contributed by atoms with E-state index in [1.165, 1.54) is 6.07 Å². The number of ketones is 1. The minimum atomic E-state index is -4.75. The fourth-order valence-corrected chi connectivity index (χ4v) is 2.82. The van der Waals surface area contributed by atoms with Crippen LogP contribution in [0.3, 0.4) is 0 Å². The van der Waals surface area contributed by atoms with Gasteiger partial charge in [0.05, 0.1) is 12.0 Å². The van der Waals surface area contributed by atoms with Gasteiger partial charge in [-0.05, 0) is 24.3 Å². The molecule has 2 aromatic rings. The van der Waals surface area contributed by atoms with Crippen molar-refractivity contribution in [1.82, 2.24) is 4.98 Å². The Kier molecular flexibility index (Phi) is 3.79. The lowest BCUT2D eigenvalue weighted by atomic mass is 9.95. The molecular weight excluding hydrogens is 379 g/mol. The number of benzene rings is 1. The minimum Gasteiger partial charge on any atom is -0.484 e. The van der Waals surface area contributed by atoms with E-state index in [2.05, 4.69) is 15.9 Å². The van der Waals surface area contributed by atoms with Crippen LogP contribution in [0.25, 0.3) is 0 Å². The number of halogens is 4. The fourth-order valence-electron chi connectivity index (χ4n) is 2.46. The number of nitrogens with one attached hydrogen (secondary N) is 1. The molecule has 1 aromatic carbocycles. The molecule has 4 nitrogen and oxygen atoms in total. The monoisotopic (exact) mass is 387 g/mol. The maximum absolute atomic E-state index is 13.1. The highest BCUT2D eigenvalue weighted by Crippen LogP contribution is 2.40. The maximum atomic E-state index is 13.1. The van der Waals surface area contributed by atoms with E-state index in [1.807, 2.05) is 0 Å². The maximum Gasteiger partial charge on any atom is 0.431 e. The number of carbonyl (C=O) groups is 1. The smallest absolute Gasteiger partial charge is 0.431 e. The molecule has 0 aliphatic carbocycles. The summed E-state index contributed by atoms with van der Waals surface area (Å²) in [7, 11) is 0. The molecule has 0 radical (unpaired) electrons. The van der Waals surface area contributed by atoms with Crippen molar-refractivity contribution in [3.8, 4) is 5.75 Å². The number of Topliss-reactive ketones (excluding diaryl/α,β-unsaturated/α-hetero) is 1. The highest BCUT2D eigenvalue weighted by molar-refractivity contribution is 9.10. The summed E-state index contributed by atoms with van der Waals surface area (Å²) in [4.78, 5) is 25.2. The van der Waals surface area contributed by atoms with Crippen LogP contribution in [0, 0.1) is 0 Å². The number of hydrogen-bond acceptors (Lipinski definition) is 3. The molecular formula is C15H9BrF3NO3. The average molecular weight is 388 g/mol. The highest BCUT2D eigenvalue weighted by atomic mass is 79.9. The molecule has 1 unspecified atom stereocenters. The van der Waals surface area contributed by atoms with Crippen molar-refractivity contribution < 1.29 is 22.7 Å². The summed E-state index contributed by atoms with van der Waals surface area (Å²) in [6, 6.07) is 6.73. The van der Waals surface area contributed by atoms with E-state index in [1.54, 1.807) is 17.1 Å². The minimum absolute atomic E-state index is 0.216. The Hall–Kier alpha value is -2.09. The Labute approximate surface area is 136 Å². The summed E-state index contributed by atoms with van der Waals surface area (Å²) >= 11 is 3.23. The van der Waals surface area contributed by atoms with Gasteiger partial charge in [-0.3, -0.25) is 9.59 Å². The molecule has 0 amide bonds. The van der Waals surface area contributed by atoms with Crippen molar-refractivity contribution in [2.75, 3.05) is 0 Å². The number of fused-ring (bicyclic) bond motifs is 1. The lowest BCUT2D eigenvalue weighted by Gasteiger charge is -2.27. The Bertz CT molecular complexity index is 845. The van der Waals surface area contributed by atoms with Gasteiger partial charge in [-0.25, -0.2) is 0 Å². The number of rotatable bonds is 1. The van der Waals surface area contributed by atoms with Gasteiger partial charge in [0.15, 0.2) is 5.78 Å². The van der Waals surface area contributed by atoms with Crippen LogP contribution in [-0.4, -0.2) is 10.8 Å². The van der Waals surface area contributed by atoms with E-state index >= 15 is 0 Å². The van der Waals surface area contributed by atoms with Crippen LogP contribution in [0.5, 0.6) is 5.75 Å². The van der Waals surface area contributed by atoms with Crippen LogP contribution < -0.4 is 10.3 Å². The normalized spacial score (nSPS) is 17.6. The molecule has 1 N–H and O–H groups in total. The SMILES string of the molecule is O=C1CC(c2ccc(=O)[nH]c2C(F)(F)F)Oc2ccc(Br)cc21. The van der Waals surface area contributed by atoms with Gasteiger partial charge in [-0.1, -0.05) is 15.9 Å². The van der Waals surface area contributed by atoms with Crippen molar-refractivity contribution >= 4 is 21.7 Å². The zero-order valence-corrected chi connectivity index (χ0v) is 13.0. The number of alkyl halides is 3. The molecule has 1 aromatic heterocycles. The zero-order chi connectivity index (χ0) is 16.8.